The van der Waals surface area contributed by atoms with E-state index in [2.05, 4.69) is 25.8 Å². The van der Waals surface area contributed by atoms with Crippen molar-refractivity contribution in [1.82, 2.24) is 4.90 Å². The van der Waals surface area contributed by atoms with Crippen LogP contribution >= 0.6 is 0 Å². The van der Waals surface area contributed by atoms with Gasteiger partial charge in [0.05, 0.1) is 19.8 Å². The van der Waals surface area contributed by atoms with Crippen LogP contribution in [0.5, 0.6) is 0 Å². The molecular formula is C13H30N2O2. The third-order valence-corrected chi connectivity index (χ3v) is 3.05. The van der Waals surface area contributed by atoms with Gasteiger partial charge in [-0.15, -0.1) is 0 Å². The highest BCUT2D eigenvalue weighted by Gasteiger charge is 2.14. The van der Waals surface area contributed by atoms with Crippen LogP contribution in [-0.4, -0.2) is 56.5 Å². The molecule has 0 spiro atoms. The third kappa shape index (κ3) is 10.7. The van der Waals surface area contributed by atoms with E-state index in [1.165, 1.54) is 19.3 Å². The predicted molar refractivity (Wildman–Crippen MR) is 72.1 cm³/mol. The van der Waals surface area contributed by atoms with Gasteiger partial charge in [-0.05, 0) is 38.4 Å². The largest absolute Gasteiger partial charge is 0.394 e. The van der Waals surface area contributed by atoms with Crippen molar-refractivity contribution in [3.05, 3.63) is 0 Å². The van der Waals surface area contributed by atoms with Gasteiger partial charge in [0.15, 0.2) is 0 Å². The van der Waals surface area contributed by atoms with E-state index in [1.807, 2.05) is 0 Å². The molecule has 0 bridgehead atoms. The number of likely N-dealkylation sites (N-methyl/N-ethyl adjacent to an activating group) is 1. The van der Waals surface area contributed by atoms with Crippen LogP contribution in [0.4, 0.5) is 0 Å². The average Bonchev–Trinajstić information content (AvgIpc) is 2.30. The minimum absolute atomic E-state index is 0.109. The number of aliphatic hydroxyl groups excluding tert-OH is 1. The molecule has 0 radical (unpaired) electrons. The number of rotatable bonds is 11. The predicted octanol–water partition coefficient (Wildman–Crippen LogP) is 1.08. The van der Waals surface area contributed by atoms with E-state index < -0.39 is 0 Å². The molecule has 0 heterocycles. The first kappa shape index (κ1) is 16.8. The van der Waals surface area contributed by atoms with Crippen LogP contribution < -0.4 is 5.73 Å². The second-order valence-electron chi connectivity index (χ2n) is 5.46. The van der Waals surface area contributed by atoms with Crippen LogP contribution in [0.3, 0.4) is 0 Å². The maximum atomic E-state index is 8.56. The van der Waals surface area contributed by atoms with E-state index >= 15 is 0 Å². The molecule has 0 rings (SSSR count). The van der Waals surface area contributed by atoms with Gasteiger partial charge in [-0.25, -0.2) is 0 Å². The zero-order valence-corrected chi connectivity index (χ0v) is 11.7. The summed E-state index contributed by atoms with van der Waals surface area (Å²) in [7, 11) is 2.11. The Morgan fingerprint density at radius 1 is 1.18 bits per heavy atom. The van der Waals surface area contributed by atoms with Gasteiger partial charge in [0, 0.05) is 6.54 Å². The summed E-state index contributed by atoms with van der Waals surface area (Å²) >= 11 is 0. The number of hydrogen-bond acceptors (Lipinski definition) is 4. The average molecular weight is 246 g/mol. The molecular weight excluding hydrogens is 216 g/mol. The topological polar surface area (TPSA) is 58.7 Å². The van der Waals surface area contributed by atoms with Crippen molar-refractivity contribution in [2.45, 2.75) is 33.1 Å². The molecule has 0 aliphatic rings. The fraction of sp³-hybridized carbons (Fsp3) is 1.00. The summed E-state index contributed by atoms with van der Waals surface area (Å²) in [4.78, 5) is 2.27. The Hall–Kier alpha value is -0.160. The SMILES string of the molecule is CN(CCCCC(C)(C)CN)CCOCCO. The van der Waals surface area contributed by atoms with Gasteiger partial charge in [0.1, 0.15) is 0 Å². The minimum Gasteiger partial charge on any atom is -0.394 e. The molecule has 0 atom stereocenters. The zero-order chi connectivity index (χ0) is 13.1. The van der Waals surface area contributed by atoms with Gasteiger partial charge < -0.3 is 20.5 Å². The van der Waals surface area contributed by atoms with E-state index in [4.69, 9.17) is 15.6 Å². The van der Waals surface area contributed by atoms with E-state index in [9.17, 15) is 0 Å². The van der Waals surface area contributed by atoms with Crippen molar-refractivity contribution in [2.24, 2.45) is 11.1 Å². The standard InChI is InChI=1S/C13H30N2O2/c1-13(2,12-14)6-4-5-7-15(3)8-10-17-11-9-16/h16H,4-12,14H2,1-3H3. The molecule has 17 heavy (non-hydrogen) atoms. The second kappa shape index (κ2) is 9.83. The fourth-order valence-electron chi connectivity index (χ4n) is 1.59. The van der Waals surface area contributed by atoms with Crippen LogP contribution in [0.25, 0.3) is 0 Å². The summed E-state index contributed by atoms with van der Waals surface area (Å²) in [5, 5.41) is 8.56. The van der Waals surface area contributed by atoms with Crippen LogP contribution in [0, 0.1) is 5.41 Å². The number of nitrogens with zero attached hydrogens (tertiary/aromatic N) is 1. The Balaban J connectivity index is 3.36. The van der Waals surface area contributed by atoms with E-state index in [0.717, 1.165) is 19.6 Å². The molecule has 3 N–H and O–H groups in total. The molecule has 0 saturated heterocycles. The van der Waals surface area contributed by atoms with Crippen LogP contribution in [0.15, 0.2) is 0 Å². The first-order chi connectivity index (χ1) is 8.02. The molecule has 4 nitrogen and oxygen atoms in total. The third-order valence-electron chi connectivity index (χ3n) is 3.05. The number of aliphatic hydroxyl groups is 1. The van der Waals surface area contributed by atoms with E-state index in [1.54, 1.807) is 0 Å². The number of unbranched alkanes of at least 4 members (excludes halogenated alkanes) is 1. The molecule has 0 fully saturated rings. The van der Waals surface area contributed by atoms with Gasteiger partial charge in [-0.1, -0.05) is 20.3 Å². The van der Waals surface area contributed by atoms with Crippen molar-refractivity contribution in [2.75, 3.05) is 46.5 Å². The molecule has 0 aromatic rings. The minimum atomic E-state index is 0.109. The van der Waals surface area contributed by atoms with Gasteiger partial charge in [-0.2, -0.15) is 0 Å². The van der Waals surface area contributed by atoms with Crippen LogP contribution in [0.1, 0.15) is 33.1 Å². The molecule has 0 aliphatic carbocycles. The Morgan fingerprint density at radius 3 is 2.47 bits per heavy atom. The molecule has 0 amide bonds. The smallest absolute Gasteiger partial charge is 0.0698 e. The monoisotopic (exact) mass is 246 g/mol. The maximum absolute atomic E-state index is 8.56. The number of hydrogen-bond donors (Lipinski definition) is 2. The lowest BCUT2D eigenvalue weighted by Crippen LogP contribution is -2.26. The fourth-order valence-corrected chi connectivity index (χ4v) is 1.59. The van der Waals surface area contributed by atoms with Gasteiger partial charge >= 0.3 is 0 Å². The van der Waals surface area contributed by atoms with Crippen molar-refractivity contribution in [1.29, 1.82) is 0 Å². The molecule has 0 aliphatic heterocycles. The Morgan fingerprint density at radius 2 is 1.88 bits per heavy atom. The van der Waals surface area contributed by atoms with Gasteiger partial charge in [-0.3, -0.25) is 0 Å². The number of nitrogens with two attached hydrogens (primary N) is 1. The van der Waals surface area contributed by atoms with Gasteiger partial charge in [0.2, 0.25) is 0 Å². The summed E-state index contributed by atoms with van der Waals surface area (Å²) in [5.41, 5.74) is 5.98. The Kier molecular flexibility index (Phi) is 9.74. The molecule has 0 aromatic carbocycles. The lowest BCUT2D eigenvalue weighted by molar-refractivity contribution is 0.0780. The van der Waals surface area contributed by atoms with E-state index in [0.29, 0.717) is 13.2 Å². The molecule has 4 heteroatoms. The summed E-state index contributed by atoms with van der Waals surface area (Å²) in [5.74, 6) is 0. The lowest BCUT2D eigenvalue weighted by atomic mass is 9.87. The van der Waals surface area contributed by atoms with Crippen molar-refractivity contribution >= 4 is 0 Å². The number of ether oxygens (including phenoxy) is 1. The van der Waals surface area contributed by atoms with Gasteiger partial charge in [0.25, 0.3) is 0 Å². The first-order valence-electron chi connectivity index (χ1n) is 6.59. The van der Waals surface area contributed by atoms with E-state index in [-0.39, 0.29) is 12.0 Å². The second-order valence-corrected chi connectivity index (χ2v) is 5.46. The quantitative estimate of drug-likeness (QED) is 0.536. The highest BCUT2D eigenvalue weighted by Crippen LogP contribution is 2.21. The molecule has 0 unspecified atom stereocenters. The van der Waals surface area contributed by atoms with Crippen molar-refractivity contribution in [3.8, 4) is 0 Å². The van der Waals surface area contributed by atoms with Crippen LogP contribution in [-0.2, 0) is 4.74 Å². The normalized spacial score (nSPS) is 12.4. The highest BCUT2D eigenvalue weighted by atomic mass is 16.5. The summed E-state index contributed by atoms with van der Waals surface area (Å²) in [6.45, 7) is 8.49. The molecule has 0 saturated carbocycles. The zero-order valence-electron chi connectivity index (χ0n) is 11.7. The Bertz CT molecular complexity index is 175. The van der Waals surface area contributed by atoms with Crippen molar-refractivity contribution < 1.29 is 9.84 Å². The molecule has 0 aromatic heterocycles. The van der Waals surface area contributed by atoms with Crippen molar-refractivity contribution in [3.63, 3.8) is 0 Å². The summed E-state index contributed by atoms with van der Waals surface area (Å²) in [6, 6.07) is 0. The maximum Gasteiger partial charge on any atom is 0.0698 e. The summed E-state index contributed by atoms with van der Waals surface area (Å²) < 4.78 is 5.22. The summed E-state index contributed by atoms with van der Waals surface area (Å²) in [6.07, 6.45) is 3.63. The molecule has 104 valence electrons. The Labute approximate surface area is 106 Å². The highest BCUT2D eigenvalue weighted by molar-refractivity contribution is 4.69. The first-order valence-corrected chi connectivity index (χ1v) is 6.59. The van der Waals surface area contributed by atoms with Crippen LogP contribution in [0.2, 0.25) is 0 Å². The lowest BCUT2D eigenvalue weighted by Gasteiger charge is -2.23.